The highest BCUT2D eigenvalue weighted by Gasteiger charge is 2.30. The van der Waals surface area contributed by atoms with Crippen molar-refractivity contribution < 1.29 is 33.5 Å². The van der Waals surface area contributed by atoms with Crippen LogP contribution in [-0.4, -0.2) is 85.3 Å². The Labute approximate surface area is 341 Å². The average molecular weight is 804 g/mol. The molecule has 0 spiro atoms. The summed E-state index contributed by atoms with van der Waals surface area (Å²) < 4.78 is 4.63. The lowest BCUT2D eigenvalue weighted by molar-refractivity contribution is -0.141. The molecule has 1 aromatic rings. The molecule has 3 unspecified atom stereocenters. The lowest BCUT2D eigenvalue weighted by Crippen LogP contribution is -2.58. The molecule has 0 aliphatic heterocycles. The number of carbonyl (C=O) groups is 6. The van der Waals surface area contributed by atoms with E-state index in [4.69, 9.17) is 0 Å². The van der Waals surface area contributed by atoms with Crippen molar-refractivity contribution in [2.75, 3.05) is 31.7 Å². The molecule has 0 bridgehead atoms. The first-order valence-electron chi connectivity index (χ1n) is 21.1. The van der Waals surface area contributed by atoms with Crippen LogP contribution in [0.3, 0.4) is 0 Å². The van der Waals surface area contributed by atoms with E-state index in [0.29, 0.717) is 31.6 Å². The number of rotatable bonds is 33. The van der Waals surface area contributed by atoms with E-state index >= 15 is 0 Å². The molecular weight excluding hydrogens is 731 g/mol. The Morgan fingerprint density at radius 3 is 1.73 bits per heavy atom. The zero-order valence-electron chi connectivity index (χ0n) is 35.0. The van der Waals surface area contributed by atoms with Gasteiger partial charge in [-0.1, -0.05) is 135 Å². The number of methoxy groups -OCH3 is 1. The molecule has 0 radical (unpaired) electrons. The molecule has 0 aliphatic rings. The summed E-state index contributed by atoms with van der Waals surface area (Å²) in [5.41, 5.74) is 0.796. The van der Waals surface area contributed by atoms with Crippen molar-refractivity contribution in [3.8, 4) is 0 Å². The van der Waals surface area contributed by atoms with Gasteiger partial charge in [0, 0.05) is 37.3 Å². The number of unbranched alkanes of at least 4 members (excludes halogenated alkanes) is 12. The molecule has 3 atom stereocenters. The molecule has 0 aromatic heterocycles. The minimum atomic E-state index is -1.06. The van der Waals surface area contributed by atoms with Crippen LogP contribution in [0.1, 0.15) is 142 Å². The number of nitrogens with one attached hydrogen (secondary N) is 5. The third-order valence-corrected chi connectivity index (χ3v) is 10.5. The van der Waals surface area contributed by atoms with Crippen molar-refractivity contribution in [1.82, 2.24) is 26.6 Å². The van der Waals surface area contributed by atoms with Crippen LogP contribution in [-0.2, 0) is 39.9 Å². The van der Waals surface area contributed by atoms with E-state index in [2.05, 4.69) is 45.2 Å². The maximum absolute atomic E-state index is 14.0. The van der Waals surface area contributed by atoms with E-state index in [-0.39, 0.29) is 36.5 Å². The van der Waals surface area contributed by atoms with E-state index in [1.54, 1.807) is 0 Å². The molecule has 0 heterocycles. The van der Waals surface area contributed by atoms with Gasteiger partial charge in [0.15, 0.2) is 0 Å². The van der Waals surface area contributed by atoms with Gasteiger partial charge in [-0.15, -0.1) is 0 Å². The maximum Gasteiger partial charge on any atom is 0.325 e. The molecule has 1 rings (SSSR count). The summed E-state index contributed by atoms with van der Waals surface area (Å²) in [7, 11) is 1.22. The molecule has 0 saturated carbocycles. The third-order valence-electron chi connectivity index (χ3n) is 9.41. The summed E-state index contributed by atoms with van der Waals surface area (Å²) >= 11 is 1.44. The van der Waals surface area contributed by atoms with Crippen molar-refractivity contribution >= 4 is 47.3 Å². The standard InChI is InChI=1S/C43H73N5O7S/c1-6-8-10-12-14-16-21-25-38(49)44-27-28-56-32-37(46-39(50)26-22-17-15-13-11-9-7-2)43(54)48-36(30-34-23-19-18-20-24-34)42(53)47-35(29-33(3)4)41(52)45-31-40(51)55-5/h18-20,23-24,33,35-37H,6-17,21-22,25-32H2,1-5H3,(H,44,49)(H,45,52)(H,46,50)(H,47,53)(H,48,54). The van der Waals surface area contributed by atoms with Crippen molar-refractivity contribution in [2.45, 2.75) is 161 Å². The summed E-state index contributed by atoms with van der Waals surface area (Å²) in [6, 6.07) is 6.27. The van der Waals surface area contributed by atoms with Gasteiger partial charge in [-0.2, -0.15) is 11.8 Å². The van der Waals surface area contributed by atoms with Crippen LogP contribution >= 0.6 is 11.8 Å². The van der Waals surface area contributed by atoms with Gasteiger partial charge in [-0.25, -0.2) is 0 Å². The van der Waals surface area contributed by atoms with Crippen LogP contribution in [0.25, 0.3) is 0 Å². The highest BCUT2D eigenvalue weighted by Crippen LogP contribution is 2.12. The minimum absolute atomic E-state index is 0.0148. The number of hydrogen-bond donors (Lipinski definition) is 5. The Kier molecular flexibility index (Phi) is 29.2. The van der Waals surface area contributed by atoms with Gasteiger partial charge in [-0.3, -0.25) is 28.8 Å². The summed E-state index contributed by atoms with van der Waals surface area (Å²) in [4.78, 5) is 78.1. The second-order valence-corrected chi connectivity index (χ2v) is 16.2. The predicted molar refractivity (Wildman–Crippen MR) is 226 cm³/mol. The van der Waals surface area contributed by atoms with Crippen LogP contribution in [0.15, 0.2) is 30.3 Å². The van der Waals surface area contributed by atoms with Crippen molar-refractivity contribution in [1.29, 1.82) is 0 Å². The largest absolute Gasteiger partial charge is 0.468 e. The Balaban J connectivity index is 2.99. The number of hydrogen-bond acceptors (Lipinski definition) is 8. The molecule has 12 nitrogen and oxygen atoms in total. The second-order valence-electron chi connectivity index (χ2n) is 15.0. The summed E-state index contributed by atoms with van der Waals surface area (Å²) in [5, 5.41) is 14.1. The van der Waals surface area contributed by atoms with Gasteiger partial charge in [0.25, 0.3) is 0 Å². The zero-order valence-corrected chi connectivity index (χ0v) is 35.8. The normalized spacial score (nSPS) is 12.6. The van der Waals surface area contributed by atoms with Gasteiger partial charge in [0.05, 0.1) is 7.11 Å². The average Bonchev–Trinajstić information content (AvgIpc) is 3.18. The first kappa shape index (κ1) is 50.4. The number of esters is 1. The number of amides is 5. The summed E-state index contributed by atoms with van der Waals surface area (Å²) in [6.07, 6.45) is 16.7. The molecule has 13 heteroatoms. The second kappa shape index (κ2) is 32.5. The van der Waals surface area contributed by atoms with Crippen LogP contribution in [0, 0.1) is 5.92 Å². The van der Waals surface area contributed by atoms with E-state index in [0.717, 1.165) is 50.5 Å². The first-order valence-corrected chi connectivity index (χ1v) is 22.3. The lowest BCUT2D eigenvalue weighted by atomic mass is 10.0. The lowest BCUT2D eigenvalue weighted by Gasteiger charge is -2.26. The quantitative estimate of drug-likeness (QED) is 0.0416. The van der Waals surface area contributed by atoms with Crippen molar-refractivity contribution in [3.05, 3.63) is 35.9 Å². The van der Waals surface area contributed by atoms with Crippen LogP contribution in [0.4, 0.5) is 0 Å². The SMILES string of the molecule is CCCCCCCCCC(=O)NCCSCC(NC(=O)CCCCCCCCC)C(=O)NC(Cc1ccccc1)C(=O)NC(CC(C)C)C(=O)NCC(=O)OC. The summed E-state index contributed by atoms with van der Waals surface area (Å²) in [5.74, 6) is -1.63. The fourth-order valence-electron chi connectivity index (χ4n) is 6.15. The zero-order chi connectivity index (χ0) is 41.4. The molecule has 56 heavy (non-hydrogen) atoms. The Morgan fingerprint density at radius 2 is 1.16 bits per heavy atom. The smallest absolute Gasteiger partial charge is 0.325 e. The van der Waals surface area contributed by atoms with Gasteiger partial charge >= 0.3 is 5.97 Å². The monoisotopic (exact) mass is 804 g/mol. The van der Waals surface area contributed by atoms with Crippen LogP contribution in [0.5, 0.6) is 0 Å². The highest BCUT2D eigenvalue weighted by molar-refractivity contribution is 7.99. The van der Waals surface area contributed by atoms with Gasteiger partial charge in [0.2, 0.25) is 29.5 Å². The minimum Gasteiger partial charge on any atom is -0.468 e. The van der Waals surface area contributed by atoms with Gasteiger partial charge < -0.3 is 31.3 Å². The molecule has 0 saturated heterocycles. The van der Waals surface area contributed by atoms with E-state index in [1.165, 1.54) is 63.8 Å². The highest BCUT2D eigenvalue weighted by atomic mass is 32.2. The van der Waals surface area contributed by atoms with Crippen molar-refractivity contribution in [3.63, 3.8) is 0 Å². The number of ether oxygens (including phenoxy) is 1. The van der Waals surface area contributed by atoms with Crippen molar-refractivity contribution in [2.24, 2.45) is 5.92 Å². The van der Waals surface area contributed by atoms with Gasteiger partial charge in [-0.05, 0) is 30.7 Å². The predicted octanol–water partition coefficient (Wildman–Crippen LogP) is 6.15. The third kappa shape index (κ3) is 25.5. The van der Waals surface area contributed by atoms with E-state index in [1.807, 2.05) is 44.2 Å². The van der Waals surface area contributed by atoms with Crippen LogP contribution < -0.4 is 26.6 Å². The number of benzene rings is 1. The molecule has 0 aliphatic carbocycles. The van der Waals surface area contributed by atoms with E-state index < -0.39 is 41.8 Å². The fourth-order valence-corrected chi connectivity index (χ4v) is 7.03. The molecule has 0 fully saturated rings. The number of thioether (sulfide) groups is 1. The molecule has 5 N–H and O–H groups in total. The Morgan fingerprint density at radius 1 is 0.625 bits per heavy atom. The molecule has 1 aromatic carbocycles. The topological polar surface area (TPSA) is 172 Å². The molecular formula is C43H73N5O7S. The maximum atomic E-state index is 14.0. The Hall–Kier alpha value is -3.61. The van der Waals surface area contributed by atoms with E-state index in [9.17, 15) is 28.8 Å². The molecule has 318 valence electrons. The Bertz CT molecular complexity index is 1270. The van der Waals surface area contributed by atoms with Gasteiger partial charge in [0.1, 0.15) is 24.7 Å². The number of carbonyl (C=O) groups excluding carboxylic acids is 6. The summed E-state index contributed by atoms with van der Waals surface area (Å²) in [6.45, 7) is 8.30. The van der Waals surface area contributed by atoms with Crippen LogP contribution in [0.2, 0.25) is 0 Å². The fraction of sp³-hybridized carbons (Fsp3) is 0.721. The molecule has 5 amide bonds. The first-order chi connectivity index (χ1) is 27.0.